The quantitative estimate of drug-likeness (QED) is 0.363. The van der Waals surface area contributed by atoms with Crippen molar-refractivity contribution in [3.05, 3.63) is 41.0 Å². The molecule has 0 atom stereocenters. The SMILES string of the molecule is COC(OC)C(=O)/C(=C/c1ccccc1C#N)C(=O)O. The number of hydrogen-bond acceptors (Lipinski definition) is 5. The van der Waals surface area contributed by atoms with E-state index in [0.717, 1.165) is 6.08 Å². The molecular formula is C14H13NO5. The van der Waals surface area contributed by atoms with Gasteiger partial charge in [-0.05, 0) is 17.7 Å². The van der Waals surface area contributed by atoms with Gasteiger partial charge in [0.2, 0.25) is 12.1 Å². The average Bonchev–Trinajstić information content (AvgIpc) is 2.45. The maximum absolute atomic E-state index is 12.0. The number of Topliss-reactive ketones (excluding diaryl/α,β-unsaturated/α-hetero) is 1. The summed E-state index contributed by atoms with van der Waals surface area (Å²) in [5, 5.41) is 18.1. The van der Waals surface area contributed by atoms with Gasteiger partial charge in [0.25, 0.3) is 0 Å². The number of carboxylic acid groups (broad SMARTS) is 1. The van der Waals surface area contributed by atoms with E-state index in [4.69, 9.17) is 19.8 Å². The first-order chi connectivity index (χ1) is 9.54. The molecule has 104 valence electrons. The Morgan fingerprint density at radius 3 is 2.40 bits per heavy atom. The molecule has 1 aromatic rings. The second-order valence-corrected chi connectivity index (χ2v) is 3.73. The number of ketones is 1. The van der Waals surface area contributed by atoms with Crippen LogP contribution in [0.3, 0.4) is 0 Å². The molecule has 0 aliphatic carbocycles. The predicted molar refractivity (Wildman–Crippen MR) is 69.6 cm³/mol. The molecule has 1 rings (SSSR count). The maximum atomic E-state index is 12.0. The number of aliphatic carboxylic acids is 1. The molecule has 1 aromatic carbocycles. The number of nitrogens with zero attached hydrogens (tertiary/aromatic N) is 1. The molecule has 0 fully saturated rings. The Labute approximate surface area is 115 Å². The van der Waals surface area contributed by atoms with Gasteiger partial charge < -0.3 is 14.6 Å². The van der Waals surface area contributed by atoms with Crippen molar-refractivity contribution in [3.8, 4) is 6.07 Å². The van der Waals surface area contributed by atoms with Gasteiger partial charge in [-0.1, -0.05) is 18.2 Å². The van der Waals surface area contributed by atoms with Crippen LogP contribution >= 0.6 is 0 Å². The van der Waals surface area contributed by atoms with Crippen molar-refractivity contribution in [2.75, 3.05) is 14.2 Å². The topological polar surface area (TPSA) is 96.6 Å². The smallest absolute Gasteiger partial charge is 0.339 e. The molecular weight excluding hydrogens is 262 g/mol. The molecule has 0 saturated carbocycles. The van der Waals surface area contributed by atoms with Crippen LogP contribution in [0.1, 0.15) is 11.1 Å². The number of methoxy groups -OCH3 is 2. The van der Waals surface area contributed by atoms with E-state index in [-0.39, 0.29) is 5.56 Å². The Kier molecular flexibility index (Phi) is 5.59. The van der Waals surface area contributed by atoms with Crippen LogP contribution in [0.5, 0.6) is 0 Å². The van der Waals surface area contributed by atoms with Gasteiger partial charge in [0.15, 0.2) is 0 Å². The fourth-order valence-electron chi connectivity index (χ4n) is 1.56. The number of carbonyl (C=O) groups excluding carboxylic acids is 1. The molecule has 0 aliphatic rings. The summed E-state index contributed by atoms with van der Waals surface area (Å²) in [5.74, 6) is -2.24. The van der Waals surface area contributed by atoms with E-state index in [1.807, 2.05) is 6.07 Å². The molecule has 0 spiro atoms. The molecule has 1 N–H and O–H groups in total. The van der Waals surface area contributed by atoms with Crippen LogP contribution in [0, 0.1) is 11.3 Å². The van der Waals surface area contributed by atoms with Crippen LogP contribution in [0.25, 0.3) is 6.08 Å². The van der Waals surface area contributed by atoms with Crippen molar-refractivity contribution in [2.24, 2.45) is 0 Å². The second-order valence-electron chi connectivity index (χ2n) is 3.73. The van der Waals surface area contributed by atoms with Crippen LogP contribution < -0.4 is 0 Å². The summed E-state index contributed by atoms with van der Waals surface area (Å²) >= 11 is 0. The Morgan fingerprint density at radius 1 is 1.30 bits per heavy atom. The number of carboxylic acids is 1. The second kappa shape index (κ2) is 7.19. The van der Waals surface area contributed by atoms with Crippen LogP contribution in [-0.4, -0.2) is 37.4 Å². The Hall–Kier alpha value is -2.49. The molecule has 0 aliphatic heterocycles. The van der Waals surface area contributed by atoms with E-state index >= 15 is 0 Å². The minimum absolute atomic E-state index is 0.269. The van der Waals surface area contributed by atoms with Gasteiger partial charge in [-0.25, -0.2) is 4.79 Å². The zero-order valence-corrected chi connectivity index (χ0v) is 11.0. The Bertz CT molecular complexity index is 581. The number of hydrogen-bond donors (Lipinski definition) is 1. The van der Waals surface area contributed by atoms with Gasteiger partial charge in [0.05, 0.1) is 11.6 Å². The lowest BCUT2D eigenvalue weighted by Crippen LogP contribution is -2.29. The summed E-state index contributed by atoms with van der Waals surface area (Å²) in [6.07, 6.45) is -0.166. The lowest BCUT2D eigenvalue weighted by atomic mass is 10.0. The van der Waals surface area contributed by atoms with Crippen LogP contribution in [-0.2, 0) is 19.1 Å². The van der Waals surface area contributed by atoms with Gasteiger partial charge in [-0.3, -0.25) is 4.79 Å². The summed E-state index contributed by atoms with van der Waals surface area (Å²) in [5.41, 5.74) is 0.0959. The molecule has 0 aromatic heterocycles. The van der Waals surface area contributed by atoms with Crippen molar-refractivity contribution >= 4 is 17.8 Å². The first kappa shape index (κ1) is 15.6. The fourth-order valence-corrected chi connectivity index (χ4v) is 1.56. The normalized spacial score (nSPS) is 11.2. The number of nitriles is 1. The van der Waals surface area contributed by atoms with Gasteiger partial charge in [-0.15, -0.1) is 0 Å². The summed E-state index contributed by atoms with van der Waals surface area (Å²) in [6.45, 7) is 0. The monoisotopic (exact) mass is 275 g/mol. The van der Waals surface area contributed by atoms with Gasteiger partial charge >= 0.3 is 5.97 Å². The van der Waals surface area contributed by atoms with E-state index < -0.39 is 23.6 Å². The van der Waals surface area contributed by atoms with Crippen molar-refractivity contribution < 1.29 is 24.2 Å². The molecule has 0 saturated heterocycles. The predicted octanol–water partition coefficient (Wildman–Crippen LogP) is 1.21. The van der Waals surface area contributed by atoms with Gasteiger partial charge in [0, 0.05) is 14.2 Å². The molecule has 6 nitrogen and oxygen atoms in total. The highest BCUT2D eigenvalue weighted by Gasteiger charge is 2.26. The largest absolute Gasteiger partial charge is 0.478 e. The molecule has 0 amide bonds. The number of rotatable bonds is 6. The van der Waals surface area contributed by atoms with Crippen LogP contribution in [0.4, 0.5) is 0 Å². The maximum Gasteiger partial charge on any atom is 0.339 e. The van der Waals surface area contributed by atoms with Crippen LogP contribution in [0.2, 0.25) is 0 Å². The van der Waals surface area contributed by atoms with Crippen molar-refractivity contribution in [3.63, 3.8) is 0 Å². The van der Waals surface area contributed by atoms with Crippen molar-refractivity contribution in [2.45, 2.75) is 6.29 Å². The van der Waals surface area contributed by atoms with Crippen molar-refractivity contribution in [1.29, 1.82) is 5.26 Å². The van der Waals surface area contributed by atoms with E-state index in [2.05, 4.69) is 0 Å². The van der Waals surface area contributed by atoms with Crippen molar-refractivity contribution in [1.82, 2.24) is 0 Å². The third-order valence-electron chi connectivity index (χ3n) is 2.52. The van der Waals surface area contributed by atoms with Gasteiger partial charge in [0.1, 0.15) is 5.57 Å². The standard InChI is InChI=1S/C14H13NO5/c1-19-14(20-2)12(16)11(13(17)18)7-9-5-3-4-6-10(9)8-15/h3-7,14H,1-2H3,(H,17,18)/b11-7-. The first-order valence-electron chi connectivity index (χ1n) is 5.59. The number of benzene rings is 1. The average molecular weight is 275 g/mol. The number of carbonyl (C=O) groups is 2. The highest BCUT2D eigenvalue weighted by atomic mass is 16.7. The molecule has 6 heteroatoms. The number of ether oxygens (including phenoxy) is 2. The zero-order valence-electron chi connectivity index (χ0n) is 11.0. The van der Waals surface area contributed by atoms with Gasteiger partial charge in [-0.2, -0.15) is 5.26 Å². The first-order valence-corrected chi connectivity index (χ1v) is 5.59. The van der Waals surface area contributed by atoms with E-state index in [9.17, 15) is 9.59 Å². The third-order valence-corrected chi connectivity index (χ3v) is 2.52. The highest BCUT2D eigenvalue weighted by molar-refractivity contribution is 6.21. The summed E-state index contributed by atoms with van der Waals surface area (Å²) in [7, 11) is 2.46. The molecule has 0 unspecified atom stereocenters. The third kappa shape index (κ3) is 3.51. The molecule has 0 radical (unpaired) electrons. The molecule has 20 heavy (non-hydrogen) atoms. The fraction of sp³-hybridized carbons (Fsp3) is 0.214. The highest BCUT2D eigenvalue weighted by Crippen LogP contribution is 2.15. The summed E-state index contributed by atoms with van der Waals surface area (Å²) in [4.78, 5) is 23.2. The minimum Gasteiger partial charge on any atom is -0.478 e. The van der Waals surface area contributed by atoms with E-state index in [0.29, 0.717) is 5.56 Å². The Balaban J connectivity index is 3.27. The molecule has 0 bridgehead atoms. The zero-order chi connectivity index (χ0) is 15.1. The molecule has 0 heterocycles. The lowest BCUT2D eigenvalue weighted by molar-refractivity contribution is -0.154. The minimum atomic E-state index is -1.41. The Morgan fingerprint density at radius 2 is 1.90 bits per heavy atom. The van der Waals surface area contributed by atoms with E-state index in [1.165, 1.54) is 20.3 Å². The summed E-state index contributed by atoms with van der Waals surface area (Å²) < 4.78 is 9.49. The van der Waals surface area contributed by atoms with Crippen LogP contribution in [0.15, 0.2) is 29.8 Å². The van der Waals surface area contributed by atoms with E-state index in [1.54, 1.807) is 18.2 Å². The lowest BCUT2D eigenvalue weighted by Gasteiger charge is -2.12. The summed E-state index contributed by atoms with van der Waals surface area (Å²) in [6, 6.07) is 8.28.